The van der Waals surface area contributed by atoms with Crippen molar-refractivity contribution in [3.8, 4) is 0 Å². The highest BCUT2D eigenvalue weighted by Crippen LogP contribution is 2.28. The molecule has 1 atom stereocenters. The maximum absolute atomic E-state index is 5.81. The number of fused-ring (bicyclic) bond motifs is 1. The number of nitrogen functional groups attached to an aromatic ring is 1. The van der Waals surface area contributed by atoms with E-state index in [0.717, 1.165) is 5.69 Å². The third-order valence-corrected chi connectivity index (χ3v) is 3.56. The Balaban J connectivity index is 1.96. The number of hydrogen-bond acceptors (Lipinski definition) is 6. The van der Waals surface area contributed by atoms with Crippen LogP contribution >= 0.6 is 11.3 Å². The summed E-state index contributed by atoms with van der Waals surface area (Å²) in [5.74, 6) is 0. The molecule has 2 heterocycles. The monoisotopic (exact) mass is 260 g/mol. The fourth-order valence-corrected chi connectivity index (χ4v) is 2.59. The molecule has 0 aliphatic heterocycles. The maximum atomic E-state index is 5.81. The summed E-state index contributed by atoms with van der Waals surface area (Å²) in [5.41, 5.74) is 9.75. The molecule has 0 fully saturated rings. The first kappa shape index (κ1) is 11.0. The number of nitrogens with two attached hydrogens (primary N) is 1. The standard InChI is InChI=1S/C12H12N4OS/c1-7(8-4-5-18-6-8)14-10-3-2-9(13)11-12(10)16-17-15-11/h2-7,14H,13H2,1H3. The highest BCUT2D eigenvalue weighted by molar-refractivity contribution is 7.07. The van der Waals surface area contributed by atoms with Crippen molar-refractivity contribution in [2.75, 3.05) is 11.1 Å². The summed E-state index contributed by atoms with van der Waals surface area (Å²) < 4.78 is 4.74. The van der Waals surface area contributed by atoms with Gasteiger partial charge in [-0.1, -0.05) is 0 Å². The van der Waals surface area contributed by atoms with E-state index in [-0.39, 0.29) is 6.04 Å². The fraction of sp³-hybridized carbons (Fsp3) is 0.167. The number of nitrogens with one attached hydrogen (secondary N) is 1. The van der Waals surface area contributed by atoms with Crippen molar-refractivity contribution >= 4 is 33.7 Å². The Labute approximate surface area is 108 Å². The van der Waals surface area contributed by atoms with E-state index in [9.17, 15) is 0 Å². The Bertz CT molecular complexity index is 662. The van der Waals surface area contributed by atoms with E-state index in [1.54, 1.807) is 17.4 Å². The van der Waals surface area contributed by atoms with Gasteiger partial charge in [-0.05, 0) is 51.8 Å². The molecule has 5 nitrogen and oxygen atoms in total. The van der Waals surface area contributed by atoms with Gasteiger partial charge in [0, 0.05) is 6.04 Å². The molecular formula is C12H12N4OS. The molecule has 1 unspecified atom stereocenters. The number of benzene rings is 1. The molecule has 2 aromatic heterocycles. The van der Waals surface area contributed by atoms with Crippen molar-refractivity contribution in [2.24, 2.45) is 0 Å². The molecule has 0 spiro atoms. The van der Waals surface area contributed by atoms with Crippen molar-refractivity contribution in [3.63, 3.8) is 0 Å². The second-order valence-electron chi connectivity index (χ2n) is 4.09. The van der Waals surface area contributed by atoms with Crippen LogP contribution in [0.2, 0.25) is 0 Å². The Hall–Kier alpha value is -2.08. The van der Waals surface area contributed by atoms with Crippen LogP contribution in [-0.4, -0.2) is 10.3 Å². The largest absolute Gasteiger partial charge is 0.397 e. The third-order valence-electron chi connectivity index (χ3n) is 2.86. The third kappa shape index (κ3) is 1.80. The summed E-state index contributed by atoms with van der Waals surface area (Å²) in [5, 5.41) is 15.3. The second-order valence-corrected chi connectivity index (χ2v) is 4.87. The highest BCUT2D eigenvalue weighted by Gasteiger charge is 2.12. The van der Waals surface area contributed by atoms with Gasteiger partial charge < -0.3 is 11.1 Å². The number of rotatable bonds is 3. The first-order valence-corrected chi connectivity index (χ1v) is 6.49. The van der Waals surface area contributed by atoms with Gasteiger partial charge in [0.15, 0.2) is 11.0 Å². The topological polar surface area (TPSA) is 77.0 Å². The molecule has 0 saturated carbocycles. The summed E-state index contributed by atoms with van der Waals surface area (Å²) in [6.07, 6.45) is 0. The van der Waals surface area contributed by atoms with E-state index in [1.165, 1.54) is 5.56 Å². The van der Waals surface area contributed by atoms with E-state index in [1.807, 2.05) is 6.07 Å². The van der Waals surface area contributed by atoms with Gasteiger partial charge in [-0.25, -0.2) is 4.63 Å². The van der Waals surface area contributed by atoms with E-state index in [2.05, 4.69) is 39.4 Å². The Morgan fingerprint density at radius 2 is 2.11 bits per heavy atom. The van der Waals surface area contributed by atoms with Crippen LogP contribution < -0.4 is 11.1 Å². The fourth-order valence-electron chi connectivity index (χ4n) is 1.84. The van der Waals surface area contributed by atoms with Crippen LogP contribution in [-0.2, 0) is 0 Å². The van der Waals surface area contributed by atoms with Crippen LogP contribution in [0.15, 0.2) is 33.6 Å². The number of thiophene rings is 1. The quantitative estimate of drug-likeness (QED) is 0.708. The van der Waals surface area contributed by atoms with E-state index < -0.39 is 0 Å². The normalized spacial score (nSPS) is 12.7. The van der Waals surface area contributed by atoms with Gasteiger partial charge in [0.25, 0.3) is 0 Å². The summed E-state index contributed by atoms with van der Waals surface area (Å²) >= 11 is 1.68. The van der Waals surface area contributed by atoms with Crippen LogP contribution in [0.4, 0.5) is 11.4 Å². The number of nitrogens with zero attached hydrogens (tertiary/aromatic N) is 2. The van der Waals surface area contributed by atoms with Crippen LogP contribution in [0.25, 0.3) is 11.0 Å². The predicted molar refractivity (Wildman–Crippen MR) is 72.6 cm³/mol. The van der Waals surface area contributed by atoms with Crippen molar-refractivity contribution in [2.45, 2.75) is 13.0 Å². The summed E-state index contributed by atoms with van der Waals surface area (Å²) in [7, 11) is 0. The van der Waals surface area contributed by atoms with Gasteiger partial charge in [-0.2, -0.15) is 11.3 Å². The molecule has 0 saturated heterocycles. The molecule has 6 heteroatoms. The smallest absolute Gasteiger partial charge is 0.160 e. The molecule has 0 aliphatic rings. The van der Waals surface area contributed by atoms with Gasteiger partial charge >= 0.3 is 0 Å². The van der Waals surface area contributed by atoms with Crippen LogP contribution in [0, 0.1) is 0 Å². The average molecular weight is 260 g/mol. The Kier molecular flexibility index (Phi) is 2.64. The molecule has 0 aliphatic carbocycles. The first-order valence-electron chi connectivity index (χ1n) is 5.55. The van der Waals surface area contributed by atoms with Gasteiger partial charge in [0.05, 0.1) is 11.4 Å². The van der Waals surface area contributed by atoms with Crippen molar-refractivity contribution in [1.82, 2.24) is 10.3 Å². The minimum atomic E-state index is 0.194. The second kappa shape index (κ2) is 4.30. The van der Waals surface area contributed by atoms with Crippen molar-refractivity contribution < 1.29 is 4.63 Å². The number of hydrogen-bond donors (Lipinski definition) is 2. The van der Waals surface area contributed by atoms with Gasteiger partial charge in [0.2, 0.25) is 0 Å². The SMILES string of the molecule is CC(Nc1ccc(N)c2nonc12)c1ccsc1. The number of aromatic nitrogens is 2. The number of anilines is 2. The summed E-state index contributed by atoms with van der Waals surface area (Å²) in [6.45, 7) is 2.09. The summed E-state index contributed by atoms with van der Waals surface area (Å²) in [4.78, 5) is 0. The minimum absolute atomic E-state index is 0.194. The molecule has 3 aromatic rings. The lowest BCUT2D eigenvalue weighted by atomic mass is 10.1. The van der Waals surface area contributed by atoms with Gasteiger partial charge in [-0.15, -0.1) is 0 Å². The predicted octanol–water partition coefficient (Wildman–Crippen LogP) is 3.04. The molecule has 92 valence electrons. The van der Waals surface area contributed by atoms with E-state index in [4.69, 9.17) is 10.4 Å². The molecule has 3 N–H and O–H groups in total. The van der Waals surface area contributed by atoms with Crippen LogP contribution in [0.3, 0.4) is 0 Å². The average Bonchev–Trinajstić information content (AvgIpc) is 3.01. The van der Waals surface area contributed by atoms with Crippen LogP contribution in [0.5, 0.6) is 0 Å². The minimum Gasteiger partial charge on any atom is -0.397 e. The summed E-state index contributed by atoms with van der Waals surface area (Å²) in [6, 6.07) is 5.98. The molecule has 3 rings (SSSR count). The lowest BCUT2D eigenvalue weighted by Gasteiger charge is -2.14. The van der Waals surface area contributed by atoms with Crippen LogP contribution in [0.1, 0.15) is 18.5 Å². The Morgan fingerprint density at radius 3 is 2.89 bits per heavy atom. The maximum Gasteiger partial charge on any atom is 0.160 e. The molecule has 1 aromatic carbocycles. The highest BCUT2D eigenvalue weighted by atomic mass is 32.1. The molecule has 18 heavy (non-hydrogen) atoms. The lowest BCUT2D eigenvalue weighted by molar-refractivity contribution is 0.315. The Morgan fingerprint density at radius 1 is 1.28 bits per heavy atom. The van der Waals surface area contributed by atoms with Crippen molar-refractivity contribution in [1.29, 1.82) is 0 Å². The van der Waals surface area contributed by atoms with Crippen molar-refractivity contribution in [3.05, 3.63) is 34.5 Å². The molecule has 0 radical (unpaired) electrons. The lowest BCUT2D eigenvalue weighted by Crippen LogP contribution is -2.06. The first-order chi connectivity index (χ1) is 8.75. The van der Waals surface area contributed by atoms with Gasteiger partial charge in [-0.3, -0.25) is 0 Å². The molecular weight excluding hydrogens is 248 g/mol. The van der Waals surface area contributed by atoms with E-state index >= 15 is 0 Å². The zero-order valence-corrected chi connectivity index (χ0v) is 10.6. The zero-order valence-electron chi connectivity index (χ0n) is 9.75. The molecule has 0 bridgehead atoms. The molecule has 0 amide bonds. The van der Waals surface area contributed by atoms with Gasteiger partial charge in [0.1, 0.15) is 0 Å². The zero-order chi connectivity index (χ0) is 12.5. The van der Waals surface area contributed by atoms with E-state index in [0.29, 0.717) is 16.7 Å².